The van der Waals surface area contributed by atoms with Crippen molar-refractivity contribution in [1.82, 2.24) is 0 Å². The van der Waals surface area contributed by atoms with Crippen LogP contribution in [0.2, 0.25) is 5.02 Å². The Morgan fingerprint density at radius 1 is 1.44 bits per heavy atom. The van der Waals surface area contributed by atoms with E-state index in [4.69, 9.17) is 11.6 Å². The number of rotatable bonds is 3. The van der Waals surface area contributed by atoms with Crippen LogP contribution in [-0.4, -0.2) is 6.04 Å². The van der Waals surface area contributed by atoms with E-state index in [9.17, 15) is 4.39 Å². The molecule has 88 valence electrons. The maximum atomic E-state index is 13.0. The van der Waals surface area contributed by atoms with Gasteiger partial charge >= 0.3 is 0 Å². The van der Waals surface area contributed by atoms with Gasteiger partial charge in [0.1, 0.15) is 5.82 Å². The van der Waals surface area contributed by atoms with Gasteiger partial charge in [-0.2, -0.15) is 0 Å². The molecule has 0 aliphatic heterocycles. The van der Waals surface area contributed by atoms with E-state index in [0.29, 0.717) is 6.04 Å². The van der Waals surface area contributed by atoms with Crippen molar-refractivity contribution in [3.63, 3.8) is 0 Å². The van der Waals surface area contributed by atoms with Crippen molar-refractivity contribution in [2.24, 2.45) is 5.92 Å². The molecule has 2 unspecified atom stereocenters. The predicted molar refractivity (Wildman–Crippen MR) is 66.5 cm³/mol. The Labute approximate surface area is 101 Å². The normalized spacial score (nSPS) is 24.7. The van der Waals surface area contributed by atoms with Crippen molar-refractivity contribution in [3.05, 3.63) is 29.0 Å². The van der Waals surface area contributed by atoms with Gasteiger partial charge in [-0.3, -0.25) is 0 Å². The van der Waals surface area contributed by atoms with Gasteiger partial charge < -0.3 is 5.32 Å². The van der Waals surface area contributed by atoms with Gasteiger partial charge in [0.25, 0.3) is 0 Å². The van der Waals surface area contributed by atoms with Gasteiger partial charge in [-0.05, 0) is 37.0 Å². The van der Waals surface area contributed by atoms with Crippen molar-refractivity contribution in [3.8, 4) is 0 Å². The fourth-order valence-corrected chi connectivity index (χ4v) is 2.70. The van der Waals surface area contributed by atoms with Gasteiger partial charge in [0.05, 0.1) is 5.02 Å². The summed E-state index contributed by atoms with van der Waals surface area (Å²) in [5.41, 5.74) is 0.928. The van der Waals surface area contributed by atoms with Crippen LogP contribution in [0.25, 0.3) is 0 Å². The zero-order valence-electron chi connectivity index (χ0n) is 9.47. The van der Waals surface area contributed by atoms with Gasteiger partial charge in [-0.1, -0.05) is 31.4 Å². The lowest BCUT2D eigenvalue weighted by Crippen LogP contribution is -2.23. The molecule has 0 amide bonds. The largest absolute Gasteiger partial charge is 0.382 e. The fraction of sp³-hybridized carbons (Fsp3) is 0.538. The molecule has 1 saturated carbocycles. The average Bonchev–Trinajstić information content (AvgIpc) is 2.71. The molecular formula is C13H17ClFN. The van der Waals surface area contributed by atoms with Crippen LogP contribution in [0, 0.1) is 11.7 Å². The van der Waals surface area contributed by atoms with E-state index < -0.39 is 0 Å². The molecule has 1 nitrogen and oxygen atoms in total. The molecule has 16 heavy (non-hydrogen) atoms. The lowest BCUT2D eigenvalue weighted by molar-refractivity contribution is 0.489. The van der Waals surface area contributed by atoms with Crippen molar-refractivity contribution in [2.75, 3.05) is 5.32 Å². The average molecular weight is 242 g/mol. The van der Waals surface area contributed by atoms with Gasteiger partial charge in [-0.25, -0.2) is 4.39 Å². The van der Waals surface area contributed by atoms with E-state index in [0.717, 1.165) is 11.6 Å². The minimum atomic E-state index is -0.356. The van der Waals surface area contributed by atoms with Crippen molar-refractivity contribution in [1.29, 1.82) is 0 Å². The van der Waals surface area contributed by atoms with Crippen LogP contribution >= 0.6 is 11.6 Å². The molecule has 1 aromatic carbocycles. The summed E-state index contributed by atoms with van der Waals surface area (Å²) in [6.07, 6.45) is 4.98. The Morgan fingerprint density at radius 3 is 2.94 bits per heavy atom. The van der Waals surface area contributed by atoms with Gasteiger partial charge in [0.15, 0.2) is 0 Å². The van der Waals surface area contributed by atoms with Crippen LogP contribution in [-0.2, 0) is 0 Å². The summed E-state index contributed by atoms with van der Waals surface area (Å²) in [6, 6.07) is 5.36. The second-order valence-corrected chi connectivity index (χ2v) is 4.89. The van der Waals surface area contributed by atoms with Crippen LogP contribution in [0.5, 0.6) is 0 Å². The molecule has 3 heteroatoms. The molecule has 0 bridgehead atoms. The van der Waals surface area contributed by atoms with Crippen molar-refractivity contribution in [2.45, 2.75) is 38.6 Å². The van der Waals surface area contributed by atoms with E-state index in [1.165, 1.54) is 31.7 Å². The molecule has 1 aliphatic rings. The van der Waals surface area contributed by atoms with Crippen LogP contribution in [0.1, 0.15) is 32.6 Å². The molecule has 0 radical (unpaired) electrons. The molecule has 1 aromatic rings. The highest BCUT2D eigenvalue weighted by Crippen LogP contribution is 2.31. The molecule has 1 aliphatic carbocycles. The second kappa shape index (κ2) is 5.05. The predicted octanol–water partition coefficient (Wildman–Crippen LogP) is 4.47. The molecule has 1 N–H and O–H groups in total. The molecule has 0 aromatic heterocycles. The number of hydrogen-bond acceptors (Lipinski definition) is 1. The molecule has 2 atom stereocenters. The minimum absolute atomic E-state index is 0.191. The number of halogens is 2. The number of anilines is 1. The Balaban J connectivity index is 2.05. The number of nitrogens with one attached hydrogen (secondary N) is 1. The van der Waals surface area contributed by atoms with Gasteiger partial charge in [0.2, 0.25) is 0 Å². The standard InChI is InChI=1S/C13H17ClFN/c1-2-9-4-3-5-13(9)16-10-6-7-12(15)11(14)8-10/h6-9,13,16H,2-5H2,1H3. The highest BCUT2D eigenvalue weighted by atomic mass is 35.5. The summed E-state index contributed by atoms with van der Waals surface area (Å²) in [5, 5.41) is 3.65. The van der Waals surface area contributed by atoms with E-state index in [1.54, 1.807) is 12.1 Å². The van der Waals surface area contributed by atoms with E-state index in [1.807, 2.05) is 0 Å². The Bertz CT molecular complexity index is 367. The summed E-state index contributed by atoms with van der Waals surface area (Å²) >= 11 is 5.75. The lowest BCUT2D eigenvalue weighted by atomic mass is 10.0. The lowest BCUT2D eigenvalue weighted by Gasteiger charge is -2.21. The molecule has 2 rings (SSSR count). The fourth-order valence-electron chi connectivity index (χ4n) is 2.52. The number of benzene rings is 1. The highest BCUT2D eigenvalue weighted by Gasteiger charge is 2.25. The van der Waals surface area contributed by atoms with E-state index in [2.05, 4.69) is 12.2 Å². The first-order chi connectivity index (χ1) is 7.70. The zero-order valence-corrected chi connectivity index (χ0v) is 10.2. The van der Waals surface area contributed by atoms with Gasteiger partial charge in [0, 0.05) is 11.7 Å². The summed E-state index contributed by atoms with van der Waals surface area (Å²) in [6.45, 7) is 2.22. The minimum Gasteiger partial charge on any atom is -0.382 e. The Hall–Kier alpha value is -0.760. The third-order valence-electron chi connectivity index (χ3n) is 3.46. The summed E-state index contributed by atoms with van der Waals surface area (Å²) in [7, 11) is 0. The molecule has 0 heterocycles. The second-order valence-electron chi connectivity index (χ2n) is 4.48. The monoisotopic (exact) mass is 241 g/mol. The quantitative estimate of drug-likeness (QED) is 0.823. The smallest absolute Gasteiger partial charge is 0.141 e. The molecule has 0 spiro atoms. The maximum absolute atomic E-state index is 13.0. The molecule has 1 fully saturated rings. The molecular weight excluding hydrogens is 225 g/mol. The van der Waals surface area contributed by atoms with Crippen molar-refractivity contribution >= 4 is 17.3 Å². The summed E-state index contributed by atoms with van der Waals surface area (Å²) in [5.74, 6) is 0.384. The van der Waals surface area contributed by atoms with Crippen LogP contribution in [0.15, 0.2) is 18.2 Å². The zero-order chi connectivity index (χ0) is 11.5. The van der Waals surface area contributed by atoms with Crippen molar-refractivity contribution < 1.29 is 4.39 Å². The van der Waals surface area contributed by atoms with Crippen LogP contribution < -0.4 is 5.32 Å². The first kappa shape index (κ1) is 11.7. The van der Waals surface area contributed by atoms with Crippen LogP contribution in [0.3, 0.4) is 0 Å². The SMILES string of the molecule is CCC1CCCC1Nc1ccc(F)c(Cl)c1. The van der Waals surface area contributed by atoms with Crippen LogP contribution in [0.4, 0.5) is 10.1 Å². The third-order valence-corrected chi connectivity index (χ3v) is 3.74. The highest BCUT2D eigenvalue weighted by molar-refractivity contribution is 6.31. The number of hydrogen-bond donors (Lipinski definition) is 1. The Morgan fingerprint density at radius 2 is 2.25 bits per heavy atom. The topological polar surface area (TPSA) is 12.0 Å². The Kier molecular flexibility index (Phi) is 3.70. The summed E-state index contributed by atoms with van der Waals surface area (Å²) < 4.78 is 13.0. The van der Waals surface area contributed by atoms with E-state index in [-0.39, 0.29) is 10.8 Å². The van der Waals surface area contributed by atoms with Gasteiger partial charge in [-0.15, -0.1) is 0 Å². The third kappa shape index (κ3) is 2.49. The first-order valence-corrected chi connectivity index (χ1v) is 6.30. The first-order valence-electron chi connectivity index (χ1n) is 5.92. The maximum Gasteiger partial charge on any atom is 0.141 e. The summed E-state index contributed by atoms with van der Waals surface area (Å²) in [4.78, 5) is 0. The van der Waals surface area contributed by atoms with E-state index >= 15 is 0 Å². The molecule has 0 saturated heterocycles.